The third kappa shape index (κ3) is 3.00. The summed E-state index contributed by atoms with van der Waals surface area (Å²) in [4.78, 5) is 10.5. The molecule has 1 rings (SSSR count). The molecule has 0 fully saturated rings. The maximum Gasteiger partial charge on any atom is 0.165 e. The number of aryl methyl sites for hydroxylation is 1. The molecule has 0 N–H and O–H groups in total. The van der Waals surface area contributed by atoms with Crippen LogP contribution in [0.5, 0.6) is 0 Å². The van der Waals surface area contributed by atoms with E-state index in [9.17, 15) is 4.91 Å². The molecule has 1 aromatic rings. The van der Waals surface area contributed by atoms with Gasteiger partial charge in [-0.25, -0.2) is 0 Å². The zero-order valence-electron chi connectivity index (χ0n) is 7.18. The second kappa shape index (κ2) is 5.24. The highest BCUT2D eigenvalue weighted by Crippen LogP contribution is 2.29. The lowest BCUT2D eigenvalue weighted by molar-refractivity contribution is 0.766. The van der Waals surface area contributed by atoms with Gasteiger partial charge >= 0.3 is 0 Å². The SMILES string of the molecule is Cn1cc(C(N=O)SCCCl)cn1. The summed E-state index contributed by atoms with van der Waals surface area (Å²) in [6.07, 6.45) is 3.43. The fourth-order valence-corrected chi connectivity index (χ4v) is 1.87. The van der Waals surface area contributed by atoms with Gasteiger partial charge in [-0.1, -0.05) is 5.18 Å². The molecule has 0 saturated heterocycles. The van der Waals surface area contributed by atoms with E-state index in [1.807, 2.05) is 0 Å². The van der Waals surface area contributed by atoms with E-state index in [2.05, 4.69) is 10.3 Å². The summed E-state index contributed by atoms with van der Waals surface area (Å²) in [6.45, 7) is 0. The minimum absolute atomic E-state index is 0.382. The molecule has 0 saturated carbocycles. The summed E-state index contributed by atoms with van der Waals surface area (Å²) < 4.78 is 1.65. The Hall–Kier alpha value is -0.550. The maximum absolute atomic E-state index is 10.5. The van der Waals surface area contributed by atoms with Crippen molar-refractivity contribution in [2.75, 3.05) is 11.6 Å². The van der Waals surface area contributed by atoms with Gasteiger partial charge in [0.2, 0.25) is 0 Å². The van der Waals surface area contributed by atoms with Crippen molar-refractivity contribution in [1.82, 2.24) is 9.78 Å². The molecule has 0 amide bonds. The van der Waals surface area contributed by atoms with Crippen molar-refractivity contribution >= 4 is 23.4 Å². The number of aromatic nitrogens is 2. The smallest absolute Gasteiger partial charge is 0.165 e. The Balaban J connectivity index is 2.61. The Morgan fingerprint density at radius 2 is 2.62 bits per heavy atom. The molecule has 0 aromatic carbocycles. The van der Waals surface area contributed by atoms with E-state index >= 15 is 0 Å². The average Bonchev–Trinajstić information content (AvgIpc) is 2.54. The van der Waals surface area contributed by atoms with E-state index in [4.69, 9.17) is 11.6 Å². The van der Waals surface area contributed by atoms with E-state index in [0.29, 0.717) is 11.6 Å². The van der Waals surface area contributed by atoms with Crippen LogP contribution >= 0.6 is 23.4 Å². The van der Waals surface area contributed by atoms with Crippen LogP contribution < -0.4 is 0 Å². The second-order valence-electron chi connectivity index (χ2n) is 2.46. The Morgan fingerprint density at radius 1 is 1.85 bits per heavy atom. The average molecular weight is 220 g/mol. The lowest BCUT2D eigenvalue weighted by atomic mass is 10.4. The van der Waals surface area contributed by atoms with Gasteiger partial charge in [0.15, 0.2) is 5.37 Å². The van der Waals surface area contributed by atoms with Crippen molar-refractivity contribution in [2.45, 2.75) is 5.37 Å². The summed E-state index contributed by atoms with van der Waals surface area (Å²) in [5, 5.41) is 6.59. The molecule has 0 spiro atoms. The van der Waals surface area contributed by atoms with Crippen molar-refractivity contribution in [3.05, 3.63) is 22.9 Å². The van der Waals surface area contributed by atoms with Gasteiger partial charge in [-0.3, -0.25) is 4.68 Å². The molecule has 0 aliphatic rings. The maximum atomic E-state index is 10.5. The van der Waals surface area contributed by atoms with Crippen LogP contribution in [0.4, 0.5) is 0 Å². The van der Waals surface area contributed by atoms with Crippen molar-refractivity contribution in [1.29, 1.82) is 0 Å². The molecule has 1 unspecified atom stereocenters. The molecule has 0 bridgehead atoms. The van der Waals surface area contributed by atoms with Crippen LogP contribution in [-0.4, -0.2) is 21.4 Å². The fourth-order valence-electron chi connectivity index (χ4n) is 0.911. The zero-order chi connectivity index (χ0) is 9.68. The first-order valence-corrected chi connectivity index (χ1v) is 5.35. The van der Waals surface area contributed by atoms with Crippen LogP contribution in [0.25, 0.3) is 0 Å². The standard InChI is InChI=1S/C7H10ClN3OS/c1-11-5-6(4-9-11)7(10-12)13-3-2-8/h4-5,7H,2-3H2,1H3. The van der Waals surface area contributed by atoms with E-state index < -0.39 is 0 Å². The van der Waals surface area contributed by atoms with Gasteiger partial charge in [-0.05, 0) is 0 Å². The van der Waals surface area contributed by atoms with Crippen molar-refractivity contribution in [3.8, 4) is 0 Å². The molecule has 0 aliphatic carbocycles. The number of thioether (sulfide) groups is 1. The fraction of sp³-hybridized carbons (Fsp3) is 0.571. The minimum Gasteiger partial charge on any atom is -0.275 e. The van der Waals surface area contributed by atoms with Gasteiger partial charge in [0, 0.05) is 30.4 Å². The molecule has 1 atom stereocenters. The number of hydrogen-bond acceptors (Lipinski definition) is 4. The first-order valence-electron chi connectivity index (χ1n) is 3.76. The van der Waals surface area contributed by atoms with Crippen LogP contribution in [0.1, 0.15) is 10.9 Å². The lowest BCUT2D eigenvalue weighted by Crippen LogP contribution is -1.91. The Bertz CT molecular complexity index is 278. The number of alkyl halides is 1. The topological polar surface area (TPSA) is 47.2 Å². The Kier molecular flexibility index (Phi) is 4.24. The van der Waals surface area contributed by atoms with Gasteiger partial charge in [0.25, 0.3) is 0 Å². The number of nitrogens with zero attached hydrogens (tertiary/aromatic N) is 3. The van der Waals surface area contributed by atoms with Crippen LogP contribution in [0, 0.1) is 4.91 Å². The lowest BCUT2D eigenvalue weighted by Gasteiger charge is -2.03. The molecule has 0 aliphatic heterocycles. The van der Waals surface area contributed by atoms with Crippen LogP contribution in [0.2, 0.25) is 0 Å². The number of nitroso groups, excluding NO2 is 1. The van der Waals surface area contributed by atoms with Gasteiger partial charge in [-0.15, -0.1) is 28.3 Å². The van der Waals surface area contributed by atoms with Crippen molar-refractivity contribution in [2.24, 2.45) is 12.2 Å². The zero-order valence-corrected chi connectivity index (χ0v) is 8.75. The second-order valence-corrected chi connectivity index (χ2v) is 4.03. The predicted octanol–water partition coefficient (Wildman–Crippen LogP) is 2.16. The third-order valence-corrected chi connectivity index (χ3v) is 2.99. The third-order valence-electron chi connectivity index (χ3n) is 1.46. The van der Waals surface area contributed by atoms with Gasteiger partial charge < -0.3 is 0 Å². The number of rotatable bonds is 5. The summed E-state index contributed by atoms with van der Waals surface area (Å²) in [6, 6.07) is 0. The largest absolute Gasteiger partial charge is 0.275 e. The predicted molar refractivity (Wildman–Crippen MR) is 54.9 cm³/mol. The monoisotopic (exact) mass is 219 g/mol. The summed E-state index contributed by atoms with van der Waals surface area (Å²) in [7, 11) is 1.80. The molecule has 1 aromatic heterocycles. The first-order chi connectivity index (χ1) is 6.27. The van der Waals surface area contributed by atoms with E-state index in [1.54, 1.807) is 24.1 Å². The summed E-state index contributed by atoms with van der Waals surface area (Å²) in [5.41, 5.74) is 0.826. The van der Waals surface area contributed by atoms with Crippen LogP contribution in [0.15, 0.2) is 17.6 Å². The Morgan fingerprint density at radius 3 is 3.08 bits per heavy atom. The molecular formula is C7H10ClN3OS. The molecular weight excluding hydrogens is 210 g/mol. The molecule has 1 heterocycles. The van der Waals surface area contributed by atoms with Gasteiger partial charge in [0.1, 0.15) is 0 Å². The highest BCUT2D eigenvalue weighted by molar-refractivity contribution is 7.99. The van der Waals surface area contributed by atoms with E-state index in [0.717, 1.165) is 5.56 Å². The number of halogens is 1. The highest BCUT2D eigenvalue weighted by Gasteiger charge is 2.13. The van der Waals surface area contributed by atoms with Gasteiger partial charge in [-0.2, -0.15) is 5.10 Å². The quantitative estimate of drug-likeness (QED) is 0.563. The molecule has 72 valence electrons. The van der Waals surface area contributed by atoms with Crippen molar-refractivity contribution < 1.29 is 0 Å². The van der Waals surface area contributed by atoms with Crippen molar-refractivity contribution in [3.63, 3.8) is 0 Å². The minimum atomic E-state index is -0.382. The molecule has 6 heteroatoms. The molecule has 0 radical (unpaired) electrons. The Labute approximate surface area is 85.6 Å². The van der Waals surface area contributed by atoms with E-state index in [-0.39, 0.29) is 5.37 Å². The van der Waals surface area contributed by atoms with E-state index in [1.165, 1.54) is 11.8 Å². The van der Waals surface area contributed by atoms with Crippen LogP contribution in [0.3, 0.4) is 0 Å². The van der Waals surface area contributed by atoms with Gasteiger partial charge in [0.05, 0.1) is 6.20 Å². The number of hydrogen-bond donors (Lipinski definition) is 0. The summed E-state index contributed by atoms with van der Waals surface area (Å²) in [5.74, 6) is 1.24. The molecule has 13 heavy (non-hydrogen) atoms. The molecule has 4 nitrogen and oxygen atoms in total. The highest BCUT2D eigenvalue weighted by atomic mass is 35.5. The first kappa shape index (κ1) is 10.5. The normalized spacial score (nSPS) is 12.8. The summed E-state index contributed by atoms with van der Waals surface area (Å²) >= 11 is 6.93. The van der Waals surface area contributed by atoms with Crippen LogP contribution in [-0.2, 0) is 7.05 Å².